The highest BCUT2D eigenvalue weighted by molar-refractivity contribution is 5.98. The molecule has 4 atom stereocenters. The van der Waals surface area contributed by atoms with E-state index in [1.54, 1.807) is 101 Å². The first kappa shape index (κ1) is 46.9. The van der Waals surface area contributed by atoms with Gasteiger partial charge < -0.3 is 40.4 Å². The quantitative estimate of drug-likeness (QED) is 0.124. The maximum atomic E-state index is 14.2. The molecular weight excluding hydrogens is 746 g/mol. The van der Waals surface area contributed by atoms with Crippen LogP contribution in [0.4, 0.5) is 4.79 Å². The first-order chi connectivity index (χ1) is 27.2. The van der Waals surface area contributed by atoms with Gasteiger partial charge in [-0.3, -0.25) is 24.0 Å². The highest BCUT2D eigenvalue weighted by atomic mass is 16.6. The molecule has 2 aromatic carbocycles. The van der Waals surface area contributed by atoms with Crippen molar-refractivity contribution >= 4 is 41.7 Å². The molecule has 15 nitrogen and oxygen atoms in total. The first-order valence-electron chi connectivity index (χ1n) is 19.8. The minimum absolute atomic E-state index is 0.0408. The highest BCUT2D eigenvalue weighted by Gasteiger charge is 2.39. The number of alkyl carbamates (subject to hydrolysis) is 1. The van der Waals surface area contributed by atoms with Gasteiger partial charge in [0.15, 0.2) is 0 Å². The lowest BCUT2D eigenvalue weighted by molar-refractivity contribution is -0.150. The molecule has 0 unspecified atom stereocenters. The molecule has 58 heavy (non-hydrogen) atoms. The number of carbonyl (C=O) groups is 7. The number of amides is 5. The van der Waals surface area contributed by atoms with E-state index in [-0.39, 0.29) is 25.6 Å². The van der Waals surface area contributed by atoms with Crippen LogP contribution in [0.5, 0.6) is 0 Å². The van der Waals surface area contributed by atoms with Gasteiger partial charge in [0, 0.05) is 13.1 Å². The van der Waals surface area contributed by atoms with Crippen LogP contribution in [-0.4, -0.2) is 89.4 Å². The van der Waals surface area contributed by atoms with Gasteiger partial charge in [-0.05, 0) is 62.5 Å². The standard InChI is InChI=1S/C43H61N5O10/c1-28(2)23-33(40(54)57-27-30-19-13-10-14-20-30)46-38(52)32(25-35(50)56-26-29-17-11-9-12-18-29)44-37(51)31(24-34(49)48-21-15-16-22-48)45-39(53)36(42(3,4)5)47-41(55)58-43(6,7)8/h9-14,17-20,28,31-33,36H,15-16,21-27H2,1-8H3,(H,44,51)(H,45,53)(H,46,52)(H,47,55)/t31-,32-,33-,36+/m0/s1. The Kier molecular flexibility index (Phi) is 17.7. The lowest BCUT2D eigenvalue weighted by atomic mass is 9.86. The summed E-state index contributed by atoms with van der Waals surface area (Å²) in [6.07, 6.45) is -0.251. The Morgan fingerprint density at radius 2 is 1.12 bits per heavy atom. The van der Waals surface area contributed by atoms with Gasteiger partial charge in [0.05, 0.1) is 12.8 Å². The SMILES string of the molecule is CC(C)C[C@H](NC(=O)[C@H](CC(=O)OCc1ccccc1)NC(=O)[C@H](CC(=O)N1CCCC1)NC(=O)[C@@H](NC(=O)OC(C)(C)C)C(C)(C)C)C(=O)OCc1ccccc1. The molecule has 0 aliphatic carbocycles. The Morgan fingerprint density at radius 3 is 1.62 bits per heavy atom. The summed E-state index contributed by atoms with van der Waals surface area (Å²) in [4.78, 5) is 96.6. The van der Waals surface area contributed by atoms with Crippen LogP contribution >= 0.6 is 0 Å². The molecule has 3 rings (SSSR count). The Bertz CT molecular complexity index is 1700. The monoisotopic (exact) mass is 807 g/mol. The number of nitrogens with one attached hydrogen (secondary N) is 4. The molecule has 4 N–H and O–H groups in total. The largest absolute Gasteiger partial charge is 0.461 e. The fraction of sp³-hybridized carbons (Fsp3) is 0.558. The van der Waals surface area contributed by atoms with Gasteiger partial charge in [-0.25, -0.2) is 9.59 Å². The summed E-state index contributed by atoms with van der Waals surface area (Å²) in [6.45, 7) is 14.7. The van der Waals surface area contributed by atoms with Crippen molar-refractivity contribution in [3.63, 3.8) is 0 Å². The number of likely N-dealkylation sites (tertiary alicyclic amines) is 1. The molecule has 2 aromatic rings. The van der Waals surface area contributed by atoms with Gasteiger partial charge in [0.1, 0.15) is 43.0 Å². The number of esters is 2. The Morgan fingerprint density at radius 1 is 0.638 bits per heavy atom. The van der Waals surface area contributed by atoms with Crippen LogP contribution in [-0.2, 0) is 56.2 Å². The normalized spacial score (nSPS) is 14.9. The van der Waals surface area contributed by atoms with Crippen molar-refractivity contribution < 1.29 is 47.8 Å². The minimum Gasteiger partial charge on any atom is -0.461 e. The second kappa shape index (κ2) is 21.9. The van der Waals surface area contributed by atoms with Gasteiger partial charge in [-0.15, -0.1) is 0 Å². The molecule has 0 bridgehead atoms. The minimum atomic E-state index is -1.60. The lowest BCUT2D eigenvalue weighted by Gasteiger charge is -2.33. The molecule has 0 spiro atoms. The number of nitrogens with zero attached hydrogens (tertiary/aromatic N) is 1. The van der Waals surface area contributed by atoms with E-state index in [1.807, 2.05) is 19.9 Å². The average molecular weight is 808 g/mol. The zero-order valence-corrected chi connectivity index (χ0v) is 35.1. The van der Waals surface area contributed by atoms with Crippen LogP contribution in [0.2, 0.25) is 0 Å². The maximum Gasteiger partial charge on any atom is 0.408 e. The third-order valence-corrected chi connectivity index (χ3v) is 9.04. The van der Waals surface area contributed by atoms with Gasteiger partial charge >= 0.3 is 18.0 Å². The van der Waals surface area contributed by atoms with E-state index < -0.39 is 89.7 Å². The summed E-state index contributed by atoms with van der Waals surface area (Å²) < 4.78 is 16.4. The summed E-state index contributed by atoms with van der Waals surface area (Å²) in [6, 6.07) is 12.4. The zero-order valence-electron chi connectivity index (χ0n) is 35.1. The van der Waals surface area contributed by atoms with E-state index in [0.29, 0.717) is 18.7 Å². The van der Waals surface area contributed by atoms with Crippen molar-refractivity contribution in [1.82, 2.24) is 26.2 Å². The molecule has 0 saturated carbocycles. The van der Waals surface area contributed by atoms with E-state index in [4.69, 9.17) is 14.2 Å². The molecule has 0 aromatic heterocycles. The Labute approximate surface area is 341 Å². The third kappa shape index (κ3) is 16.6. The Hall–Kier alpha value is -5.47. The zero-order chi connectivity index (χ0) is 43.0. The second-order valence-corrected chi connectivity index (χ2v) is 17.0. The molecule has 1 heterocycles. The van der Waals surface area contributed by atoms with Gasteiger partial charge in [-0.1, -0.05) is 95.3 Å². The topological polar surface area (TPSA) is 199 Å². The van der Waals surface area contributed by atoms with Crippen molar-refractivity contribution in [2.75, 3.05) is 13.1 Å². The molecule has 1 aliphatic heterocycles. The first-order valence-corrected chi connectivity index (χ1v) is 19.8. The second-order valence-electron chi connectivity index (χ2n) is 17.0. The van der Waals surface area contributed by atoms with Gasteiger partial charge in [0.25, 0.3) is 0 Å². The van der Waals surface area contributed by atoms with Crippen molar-refractivity contribution in [2.24, 2.45) is 11.3 Å². The number of benzene rings is 2. The summed E-state index contributed by atoms with van der Waals surface area (Å²) >= 11 is 0. The van der Waals surface area contributed by atoms with Gasteiger partial charge in [-0.2, -0.15) is 0 Å². The molecule has 318 valence electrons. The molecule has 5 amide bonds. The number of hydrogen-bond acceptors (Lipinski definition) is 10. The smallest absolute Gasteiger partial charge is 0.408 e. The van der Waals surface area contributed by atoms with Crippen LogP contribution in [0.15, 0.2) is 60.7 Å². The van der Waals surface area contributed by atoms with Crippen molar-refractivity contribution in [3.05, 3.63) is 71.8 Å². The number of hydrogen-bond donors (Lipinski definition) is 4. The van der Waals surface area contributed by atoms with E-state index in [2.05, 4.69) is 21.3 Å². The summed E-state index contributed by atoms with van der Waals surface area (Å²) in [7, 11) is 0. The van der Waals surface area contributed by atoms with Crippen LogP contribution < -0.4 is 21.3 Å². The van der Waals surface area contributed by atoms with Crippen molar-refractivity contribution in [2.45, 2.75) is 130 Å². The van der Waals surface area contributed by atoms with Crippen molar-refractivity contribution in [3.8, 4) is 0 Å². The molecule has 0 radical (unpaired) electrons. The average Bonchev–Trinajstić information content (AvgIpc) is 3.69. The van der Waals surface area contributed by atoms with Crippen LogP contribution in [0, 0.1) is 11.3 Å². The van der Waals surface area contributed by atoms with Crippen LogP contribution in [0.1, 0.15) is 98.6 Å². The van der Waals surface area contributed by atoms with Gasteiger partial charge in [0.2, 0.25) is 23.6 Å². The van der Waals surface area contributed by atoms with E-state index >= 15 is 0 Å². The van der Waals surface area contributed by atoms with E-state index in [1.165, 1.54) is 0 Å². The van der Waals surface area contributed by atoms with E-state index in [9.17, 15) is 33.6 Å². The van der Waals surface area contributed by atoms with Crippen LogP contribution in [0.25, 0.3) is 0 Å². The van der Waals surface area contributed by atoms with E-state index in [0.717, 1.165) is 18.4 Å². The third-order valence-electron chi connectivity index (χ3n) is 9.04. The lowest BCUT2D eigenvalue weighted by Crippen LogP contribution is -2.60. The number of ether oxygens (including phenoxy) is 3. The predicted octanol–water partition coefficient (Wildman–Crippen LogP) is 4.32. The fourth-order valence-electron chi connectivity index (χ4n) is 6.07. The molecule has 1 fully saturated rings. The molecule has 1 aliphatic rings. The molecule has 15 heteroatoms. The van der Waals surface area contributed by atoms with Crippen LogP contribution in [0.3, 0.4) is 0 Å². The molecular formula is C43H61N5O10. The number of rotatable bonds is 18. The fourth-order valence-corrected chi connectivity index (χ4v) is 6.07. The maximum absolute atomic E-state index is 14.2. The van der Waals surface area contributed by atoms with Crippen molar-refractivity contribution in [1.29, 1.82) is 0 Å². The molecule has 1 saturated heterocycles. The summed E-state index contributed by atoms with van der Waals surface area (Å²) in [5.41, 5.74) is -0.316. The number of carbonyl (C=O) groups excluding carboxylic acids is 7. The summed E-state index contributed by atoms with van der Waals surface area (Å²) in [5, 5.41) is 10.4. The predicted molar refractivity (Wildman–Crippen MR) is 215 cm³/mol. The highest BCUT2D eigenvalue weighted by Crippen LogP contribution is 2.21. The summed E-state index contributed by atoms with van der Waals surface area (Å²) in [5.74, 6) is -4.65. The Balaban J connectivity index is 1.91.